The molecule has 0 spiro atoms. The molecule has 5 nitrogen and oxygen atoms in total. The SMILES string of the molecule is COc1ccc(OC)c(C(=O)COC(=O)/C=C/c2cccc(C(F)(F)F)c2)c1. The maximum Gasteiger partial charge on any atom is 0.416 e. The first-order valence-corrected chi connectivity index (χ1v) is 8.02. The van der Waals surface area contributed by atoms with E-state index >= 15 is 0 Å². The quantitative estimate of drug-likeness (QED) is 0.401. The van der Waals surface area contributed by atoms with Gasteiger partial charge >= 0.3 is 12.1 Å². The first-order valence-electron chi connectivity index (χ1n) is 8.02. The molecule has 2 aromatic carbocycles. The van der Waals surface area contributed by atoms with Crippen molar-refractivity contribution in [2.45, 2.75) is 6.18 Å². The number of esters is 1. The van der Waals surface area contributed by atoms with E-state index < -0.39 is 30.1 Å². The second-order valence-electron chi connectivity index (χ2n) is 5.55. The fourth-order valence-electron chi connectivity index (χ4n) is 2.28. The van der Waals surface area contributed by atoms with Crippen LogP contribution in [-0.2, 0) is 15.7 Å². The van der Waals surface area contributed by atoms with Crippen LogP contribution in [-0.4, -0.2) is 32.6 Å². The molecule has 0 saturated heterocycles. The molecule has 0 aliphatic carbocycles. The number of rotatable bonds is 7. The third kappa shape index (κ3) is 5.60. The predicted molar refractivity (Wildman–Crippen MR) is 95.3 cm³/mol. The number of carbonyl (C=O) groups excluding carboxylic acids is 2. The lowest BCUT2D eigenvalue weighted by molar-refractivity contribution is -0.138. The molecule has 0 saturated carbocycles. The summed E-state index contributed by atoms with van der Waals surface area (Å²) in [5.41, 5.74) is -0.479. The second kappa shape index (κ2) is 9.07. The van der Waals surface area contributed by atoms with E-state index in [2.05, 4.69) is 0 Å². The minimum absolute atomic E-state index is 0.174. The molecule has 0 amide bonds. The molecule has 2 aromatic rings. The van der Waals surface area contributed by atoms with Gasteiger partial charge in [-0.05, 0) is 42.0 Å². The Bertz CT molecular complexity index is 888. The molecule has 0 heterocycles. The largest absolute Gasteiger partial charge is 0.497 e. The van der Waals surface area contributed by atoms with Gasteiger partial charge in [-0.25, -0.2) is 4.79 Å². The van der Waals surface area contributed by atoms with E-state index in [-0.39, 0.29) is 11.1 Å². The third-order valence-corrected chi connectivity index (χ3v) is 3.68. The van der Waals surface area contributed by atoms with E-state index in [9.17, 15) is 22.8 Å². The summed E-state index contributed by atoms with van der Waals surface area (Å²) < 4.78 is 53.0. The normalized spacial score (nSPS) is 11.3. The van der Waals surface area contributed by atoms with E-state index in [0.717, 1.165) is 18.2 Å². The summed E-state index contributed by atoms with van der Waals surface area (Å²) in [6.45, 7) is -0.560. The first-order chi connectivity index (χ1) is 13.2. The van der Waals surface area contributed by atoms with Gasteiger partial charge in [0.1, 0.15) is 11.5 Å². The van der Waals surface area contributed by atoms with Crippen molar-refractivity contribution in [3.8, 4) is 11.5 Å². The Kier molecular flexibility index (Phi) is 6.81. The third-order valence-electron chi connectivity index (χ3n) is 3.68. The zero-order valence-corrected chi connectivity index (χ0v) is 15.1. The average Bonchev–Trinajstić information content (AvgIpc) is 2.69. The van der Waals surface area contributed by atoms with Crippen molar-refractivity contribution in [2.75, 3.05) is 20.8 Å². The Morgan fingerprint density at radius 2 is 1.79 bits per heavy atom. The highest BCUT2D eigenvalue weighted by molar-refractivity contribution is 6.01. The summed E-state index contributed by atoms with van der Waals surface area (Å²) in [7, 11) is 2.83. The number of hydrogen-bond donors (Lipinski definition) is 0. The molecular weight excluding hydrogens is 377 g/mol. The molecule has 148 valence electrons. The number of benzene rings is 2. The number of hydrogen-bond acceptors (Lipinski definition) is 5. The molecule has 0 aliphatic heterocycles. The van der Waals surface area contributed by atoms with Crippen LogP contribution in [0, 0.1) is 0 Å². The standard InChI is InChI=1S/C20H17F3O5/c1-26-15-7-8-18(27-2)16(11-15)17(24)12-28-19(25)9-6-13-4-3-5-14(10-13)20(21,22)23/h3-11H,12H2,1-2H3/b9-6+. The maximum absolute atomic E-state index is 12.7. The monoisotopic (exact) mass is 394 g/mol. The maximum atomic E-state index is 12.7. The smallest absolute Gasteiger partial charge is 0.416 e. The molecule has 2 rings (SSSR count). The molecule has 0 radical (unpaired) electrons. The highest BCUT2D eigenvalue weighted by Crippen LogP contribution is 2.29. The van der Waals surface area contributed by atoms with Crippen LogP contribution in [0.15, 0.2) is 48.5 Å². The van der Waals surface area contributed by atoms with Gasteiger partial charge in [-0.3, -0.25) is 4.79 Å². The van der Waals surface area contributed by atoms with Gasteiger partial charge in [-0.1, -0.05) is 12.1 Å². The van der Waals surface area contributed by atoms with Crippen LogP contribution in [0.1, 0.15) is 21.5 Å². The highest BCUT2D eigenvalue weighted by atomic mass is 19.4. The van der Waals surface area contributed by atoms with Crippen LogP contribution < -0.4 is 9.47 Å². The minimum atomic E-state index is -4.48. The fourth-order valence-corrected chi connectivity index (χ4v) is 2.28. The van der Waals surface area contributed by atoms with Crippen LogP contribution in [0.3, 0.4) is 0 Å². The molecule has 0 N–H and O–H groups in total. The lowest BCUT2D eigenvalue weighted by Gasteiger charge is -2.09. The lowest BCUT2D eigenvalue weighted by atomic mass is 10.1. The summed E-state index contributed by atoms with van der Waals surface area (Å²) in [4.78, 5) is 24.0. The van der Waals surface area contributed by atoms with Gasteiger partial charge in [-0.2, -0.15) is 13.2 Å². The summed E-state index contributed by atoms with van der Waals surface area (Å²) in [6.07, 6.45) is -2.35. The zero-order chi connectivity index (χ0) is 20.7. The van der Waals surface area contributed by atoms with Gasteiger partial charge < -0.3 is 14.2 Å². The van der Waals surface area contributed by atoms with Gasteiger partial charge in [0.25, 0.3) is 0 Å². The van der Waals surface area contributed by atoms with Gasteiger partial charge in [-0.15, -0.1) is 0 Å². The van der Waals surface area contributed by atoms with Crippen molar-refractivity contribution in [1.82, 2.24) is 0 Å². The Balaban J connectivity index is 2.01. The number of ketones is 1. The first kappa shape index (κ1) is 21.0. The van der Waals surface area contributed by atoms with E-state index in [4.69, 9.17) is 14.2 Å². The fraction of sp³-hybridized carbons (Fsp3) is 0.200. The lowest BCUT2D eigenvalue weighted by Crippen LogP contribution is -2.13. The van der Waals surface area contributed by atoms with Crippen molar-refractivity contribution >= 4 is 17.8 Å². The summed E-state index contributed by atoms with van der Waals surface area (Å²) in [6, 6.07) is 9.07. The molecular formula is C20H17F3O5. The van der Waals surface area contributed by atoms with Gasteiger partial charge in [0.05, 0.1) is 25.3 Å². The van der Waals surface area contributed by atoms with Crippen molar-refractivity contribution < 1.29 is 37.0 Å². The minimum Gasteiger partial charge on any atom is -0.497 e. The van der Waals surface area contributed by atoms with Crippen LogP contribution in [0.4, 0.5) is 13.2 Å². The summed E-state index contributed by atoms with van der Waals surface area (Å²) in [5.74, 6) is -0.662. The molecule has 28 heavy (non-hydrogen) atoms. The van der Waals surface area contributed by atoms with Gasteiger partial charge in [0.2, 0.25) is 5.78 Å². The van der Waals surface area contributed by atoms with Gasteiger partial charge in [0.15, 0.2) is 6.61 Å². The second-order valence-corrected chi connectivity index (χ2v) is 5.55. The van der Waals surface area contributed by atoms with Crippen molar-refractivity contribution in [3.63, 3.8) is 0 Å². The van der Waals surface area contributed by atoms with Crippen LogP contribution in [0.25, 0.3) is 6.08 Å². The van der Waals surface area contributed by atoms with E-state index in [1.165, 1.54) is 38.5 Å². The van der Waals surface area contributed by atoms with E-state index in [1.807, 2.05) is 0 Å². The summed E-state index contributed by atoms with van der Waals surface area (Å²) in [5, 5.41) is 0. The zero-order valence-electron chi connectivity index (χ0n) is 15.1. The molecule has 0 aliphatic rings. The number of halogens is 3. The molecule has 0 atom stereocenters. The molecule has 0 aromatic heterocycles. The number of carbonyl (C=O) groups is 2. The Labute approximate surface area is 159 Å². The molecule has 0 bridgehead atoms. The molecule has 0 fully saturated rings. The predicted octanol–water partition coefficient (Wildman–Crippen LogP) is 4.16. The Hall–Kier alpha value is -3.29. The van der Waals surface area contributed by atoms with Gasteiger partial charge in [0, 0.05) is 6.08 Å². The number of ether oxygens (including phenoxy) is 3. The highest BCUT2D eigenvalue weighted by Gasteiger charge is 2.30. The Morgan fingerprint density at radius 3 is 2.43 bits per heavy atom. The van der Waals surface area contributed by atoms with Crippen molar-refractivity contribution in [2.24, 2.45) is 0 Å². The number of methoxy groups -OCH3 is 2. The Morgan fingerprint density at radius 1 is 1.04 bits per heavy atom. The van der Waals surface area contributed by atoms with Crippen molar-refractivity contribution in [3.05, 3.63) is 65.2 Å². The number of alkyl halides is 3. The van der Waals surface area contributed by atoms with Crippen LogP contribution in [0.2, 0.25) is 0 Å². The molecule has 8 heteroatoms. The molecule has 0 unspecified atom stereocenters. The topological polar surface area (TPSA) is 61.8 Å². The van der Waals surface area contributed by atoms with Crippen LogP contribution >= 0.6 is 0 Å². The van der Waals surface area contributed by atoms with E-state index in [1.54, 1.807) is 12.1 Å². The summed E-state index contributed by atoms with van der Waals surface area (Å²) >= 11 is 0. The van der Waals surface area contributed by atoms with Crippen LogP contribution in [0.5, 0.6) is 11.5 Å². The number of Topliss-reactive ketones (excluding diaryl/α,β-unsaturated/α-hetero) is 1. The average molecular weight is 394 g/mol. The van der Waals surface area contributed by atoms with Crippen molar-refractivity contribution in [1.29, 1.82) is 0 Å². The van der Waals surface area contributed by atoms with E-state index in [0.29, 0.717) is 11.5 Å².